The number of amides is 2. The van der Waals surface area contributed by atoms with Crippen molar-refractivity contribution in [2.45, 2.75) is 31.8 Å². The van der Waals surface area contributed by atoms with Gasteiger partial charge in [-0.1, -0.05) is 29.5 Å². The number of carbonyl (C=O) groups excluding carboxylic acids is 2. The SMILES string of the molecule is CN(C)C(=O)Cn1cc(C(=O)N[C@H]2CCc3ccccc3C2)nn1. The van der Waals surface area contributed by atoms with E-state index in [1.165, 1.54) is 26.9 Å². The van der Waals surface area contributed by atoms with Gasteiger partial charge in [-0.15, -0.1) is 5.10 Å². The van der Waals surface area contributed by atoms with Crippen LogP contribution in [0.3, 0.4) is 0 Å². The van der Waals surface area contributed by atoms with Gasteiger partial charge in [-0.05, 0) is 30.4 Å². The lowest BCUT2D eigenvalue weighted by Gasteiger charge is -2.25. The summed E-state index contributed by atoms with van der Waals surface area (Å²) >= 11 is 0. The largest absolute Gasteiger partial charge is 0.348 e. The molecule has 7 heteroatoms. The van der Waals surface area contributed by atoms with Crippen molar-refractivity contribution < 1.29 is 9.59 Å². The molecule has 1 aromatic carbocycles. The molecule has 2 amide bonds. The number of rotatable bonds is 4. The maximum atomic E-state index is 12.3. The van der Waals surface area contributed by atoms with E-state index >= 15 is 0 Å². The first-order valence-corrected chi connectivity index (χ1v) is 8.01. The van der Waals surface area contributed by atoms with Crippen LogP contribution in [-0.4, -0.2) is 51.8 Å². The van der Waals surface area contributed by atoms with Crippen LogP contribution in [0.15, 0.2) is 30.5 Å². The Hall–Kier alpha value is -2.70. The molecule has 1 aromatic heterocycles. The summed E-state index contributed by atoms with van der Waals surface area (Å²) in [6.07, 6.45) is 4.21. The van der Waals surface area contributed by atoms with Crippen molar-refractivity contribution in [1.82, 2.24) is 25.2 Å². The van der Waals surface area contributed by atoms with Crippen LogP contribution in [0.4, 0.5) is 0 Å². The summed E-state index contributed by atoms with van der Waals surface area (Å²) in [6, 6.07) is 8.42. The molecule has 0 radical (unpaired) electrons. The molecular formula is C17H21N5O2. The molecule has 2 aromatic rings. The predicted octanol–water partition coefficient (Wildman–Crippen LogP) is 0.654. The predicted molar refractivity (Wildman–Crippen MR) is 88.4 cm³/mol. The van der Waals surface area contributed by atoms with Gasteiger partial charge in [-0.25, -0.2) is 4.68 Å². The second kappa shape index (κ2) is 6.82. The van der Waals surface area contributed by atoms with Crippen molar-refractivity contribution in [2.75, 3.05) is 14.1 Å². The van der Waals surface area contributed by atoms with Crippen LogP contribution in [-0.2, 0) is 24.2 Å². The highest BCUT2D eigenvalue weighted by Gasteiger charge is 2.22. The Bertz CT molecular complexity index is 753. The number of hydrogen-bond acceptors (Lipinski definition) is 4. The molecule has 3 rings (SSSR count). The summed E-state index contributed by atoms with van der Waals surface area (Å²) in [7, 11) is 3.35. The molecular weight excluding hydrogens is 306 g/mol. The quantitative estimate of drug-likeness (QED) is 0.894. The smallest absolute Gasteiger partial charge is 0.273 e. The number of nitrogens with one attached hydrogen (secondary N) is 1. The summed E-state index contributed by atoms with van der Waals surface area (Å²) < 4.78 is 1.38. The molecule has 1 atom stereocenters. The second-order valence-electron chi connectivity index (χ2n) is 6.27. The number of aryl methyl sites for hydroxylation is 1. The molecule has 0 saturated heterocycles. The van der Waals surface area contributed by atoms with E-state index in [9.17, 15) is 9.59 Å². The minimum absolute atomic E-state index is 0.0735. The van der Waals surface area contributed by atoms with Crippen molar-refractivity contribution in [3.63, 3.8) is 0 Å². The number of nitrogens with zero attached hydrogens (tertiary/aromatic N) is 4. The molecule has 0 fully saturated rings. The first-order chi connectivity index (χ1) is 11.5. The van der Waals surface area contributed by atoms with Gasteiger partial charge in [0, 0.05) is 20.1 Å². The fourth-order valence-corrected chi connectivity index (χ4v) is 2.84. The molecule has 1 aliphatic carbocycles. The van der Waals surface area contributed by atoms with Gasteiger partial charge in [0.1, 0.15) is 6.54 Å². The Morgan fingerprint density at radius 1 is 1.29 bits per heavy atom. The van der Waals surface area contributed by atoms with E-state index in [2.05, 4.69) is 27.8 Å². The van der Waals surface area contributed by atoms with E-state index in [1.807, 2.05) is 12.1 Å². The first kappa shape index (κ1) is 16.2. The van der Waals surface area contributed by atoms with E-state index in [0.717, 1.165) is 19.3 Å². The minimum atomic E-state index is -0.247. The van der Waals surface area contributed by atoms with Gasteiger partial charge in [0.15, 0.2) is 5.69 Å². The Kier molecular flexibility index (Phi) is 4.59. The third-order valence-electron chi connectivity index (χ3n) is 4.25. The molecule has 0 spiro atoms. The molecule has 0 unspecified atom stereocenters. The van der Waals surface area contributed by atoms with Crippen molar-refractivity contribution in [2.24, 2.45) is 0 Å². The van der Waals surface area contributed by atoms with Crippen molar-refractivity contribution in [1.29, 1.82) is 0 Å². The monoisotopic (exact) mass is 327 g/mol. The third kappa shape index (κ3) is 3.61. The van der Waals surface area contributed by atoms with Gasteiger partial charge in [0.25, 0.3) is 5.91 Å². The Balaban J connectivity index is 1.60. The number of benzene rings is 1. The summed E-state index contributed by atoms with van der Waals surface area (Å²) in [5, 5.41) is 10.7. The Labute approximate surface area is 140 Å². The fourth-order valence-electron chi connectivity index (χ4n) is 2.84. The van der Waals surface area contributed by atoms with Gasteiger partial charge < -0.3 is 10.2 Å². The van der Waals surface area contributed by atoms with E-state index in [-0.39, 0.29) is 30.1 Å². The molecule has 24 heavy (non-hydrogen) atoms. The van der Waals surface area contributed by atoms with Crippen LogP contribution in [0.1, 0.15) is 28.0 Å². The summed E-state index contributed by atoms with van der Waals surface area (Å²) in [4.78, 5) is 25.5. The van der Waals surface area contributed by atoms with Crippen LogP contribution in [0, 0.1) is 0 Å². The van der Waals surface area contributed by atoms with Gasteiger partial charge in [-0.2, -0.15) is 0 Å². The molecule has 1 heterocycles. The molecule has 1 N–H and O–H groups in total. The average molecular weight is 327 g/mol. The van der Waals surface area contributed by atoms with Gasteiger partial charge in [0.05, 0.1) is 6.20 Å². The van der Waals surface area contributed by atoms with E-state index in [0.29, 0.717) is 0 Å². The summed E-state index contributed by atoms with van der Waals surface area (Å²) in [5.41, 5.74) is 2.88. The molecule has 7 nitrogen and oxygen atoms in total. The fraction of sp³-hybridized carbons (Fsp3) is 0.412. The molecule has 0 aliphatic heterocycles. The molecule has 0 bridgehead atoms. The van der Waals surface area contributed by atoms with E-state index < -0.39 is 0 Å². The highest BCUT2D eigenvalue weighted by molar-refractivity contribution is 5.92. The standard InChI is InChI=1S/C17H21N5O2/c1-21(2)16(23)11-22-10-15(19-20-22)17(24)18-14-8-7-12-5-3-4-6-13(12)9-14/h3-6,10,14H,7-9,11H2,1-2H3,(H,18,24)/t14-/m0/s1. The van der Waals surface area contributed by atoms with Crippen molar-refractivity contribution in [3.05, 3.63) is 47.3 Å². The highest BCUT2D eigenvalue weighted by atomic mass is 16.2. The zero-order valence-corrected chi connectivity index (χ0v) is 13.9. The molecule has 126 valence electrons. The van der Waals surface area contributed by atoms with Crippen molar-refractivity contribution >= 4 is 11.8 Å². The minimum Gasteiger partial charge on any atom is -0.348 e. The third-order valence-corrected chi connectivity index (χ3v) is 4.25. The summed E-state index contributed by atoms with van der Waals surface area (Å²) in [5.74, 6) is -0.348. The van der Waals surface area contributed by atoms with E-state index in [4.69, 9.17) is 0 Å². The van der Waals surface area contributed by atoms with Crippen LogP contribution in [0.25, 0.3) is 0 Å². The zero-order valence-electron chi connectivity index (χ0n) is 13.9. The van der Waals surface area contributed by atoms with Crippen LogP contribution < -0.4 is 5.32 Å². The first-order valence-electron chi connectivity index (χ1n) is 8.01. The lowest BCUT2D eigenvalue weighted by Crippen LogP contribution is -2.39. The van der Waals surface area contributed by atoms with Gasteiger partial charge in [0.2, 0.25) is 5.91 Å². The molecule has 1 aliphatic rings. The average Bonchev–Trinajstić information content (AvgIpc) is 3.03. The highest BCUT2D eigenvalue weighted by Crippen LogP contribution is 2.21. The number of carbonyl (C=O) groups is 2. The second-order valence-corrected chi connectivity index (χ2v) is 6.27. The van der Waals surface area contributed by atoms with Gasteiger partial charge >= 0.3 is 0 Å². The van der Waals surface area contributed by atoms with E-state index in [1.54, 1.807) is 14.1 Å². The van der Waals surface area contributed by atoms with Crippen molar-refractivity contribution in [3.8, 4) is 0 Å². The molecule has 0 saturated carbocycles. The Morgan fingerprint density at radius 2 is 2.04 bits per heavy atom. The zero-order chi connectivity index (χ0) is 17.1. The number of likely N-dealkylation sites (N-methyl/N-ethyl adjacent to an activating group) is 1. The summed E-state index contributed by atoms with van der Waals surface area (Å²) in [6.45, 7) is 0.0735. The van der Waals surface area contributed by atoms with Crippen LogP contribution >= 0.6 is 0 Å². The Morgan fingerprint density at radius 3 is 2.79 bits per heavy atom. The number of fused-ring (bicyclic) bond motifs is 1. The topological polar surface area (TPSA) is 80.1 Å². The van der Waals surface area contributed by atoms with Gasteiger partial charge in [-0.3, -0.25) is 9.59 Å². The number of aromatic nitrogens is 3. The van der Waals surface area contributed by atoms with Crippen LogP contribution in [0.5, 0.6) is 0 Å². The normalized spacial score (nSPS) is 16.3. The van der Waals surface area contributed by atoms with Crippen LogP contribution in [0.2, 0.25) is 0 Å². The lowest BCUT2D eigenvalue weighted by molar-refractivity contribution is -0.129. The number of hydrogen-bond donors (Lipinski definition) is 1. The lowest BCUT2D eigenvalue weighted by atomic mass is 9.88. The maximum absolute atomic E-state index is 12.3. The maximum Gasteiger partial charge on any atom is 0.273 e.